The molecule has 7 nitrogen and oxygen atoms in total. The number of aromatic hydroxyl groups is 1. The van der Waals surface area contributed by atoms with Gasteiger partial charge in [0.1, 0.15) is 12.1 Å². The number of nitrogens with zero attached hydrogens (tertiary/aromatic N) is 3. The summed E-state index contributed by atoms with van der Waals surface area (Å²) in [5.41, 5.74) is 2.93. The monoisotopic (exact) mass is 497 g/mol. The minimum absolute atomic E-state index is 0.0293. The van der Waals surface area contributed by atoms with Crippen molar-refractivity contribution in [3.8, 4) is 17.0 Å². The van der Waals surface area contributed by atoms with E-state index < -0.39 is 11.2 Å². The van der Waals surface area contributed by atoms with Crippen LogP contribution >= 0.6 is 0 Å². The number of hydrogen-bond donors (Lipinski definition) is 3. The van der Waals surface area contributed by atoms with Crippen LogP contribution in [0.1, 0.15) is 25.0 Å². The highest BCUT2D eigenvalue weighted by Crippen LogP contribution is 2.25. The maximum atomic E-state index is 14.8. The van der Waals surface area contributed by atoms with Crippen molar-refractivity contribution in [3.63, 3.8) is 0 Å². The summed E-state index contributed by atoms with van der Waals surface area (Å²) in [6.07, 6.45) is 3.77. The number of rotatable bonds is 8. The molecule has 3 aromatic rings. The molecule has 0 aliphatic carbocycles. The van der Waals surface area contributed by atoms with Crippen molar-refractivity contribution in [2.24, 2.45) is 0 Å². The summed E-state index contributed by atoms with van der Waals surface area (Å²) in [6, 6.07) is 12.9. The average molecular weight is 498 g/mol. The van der Waals surface area contributed by atoms with E-state index in [1.54, 1.807) is 24.4 Å². The van der Waals surface area contributed by atoms with Gasteiger partial charge < -0.3 is 20.3 Å². The summed E-state index contributed by atoms with van der Waals surface area (Å²) in [5, 5.41) is 16.7. The van der Waals surface area contributed by atoms with Gasteiger partial charge in [0.05, 0.1) is 5.69 Å². The first-order valence-electron chi connectivity index (χ1n) is 11.8. The Bertz CT molecular complexity index is 1160. The van der Waals surface area contributed by atoms with Gasteiger partial charge in [-0.15, -0.1) is 0 Å². The zero-order valence-corrected chi connectivity index (χ0v) is 21.1. The van der Waals surface area contributed by atoms with Crippen molar-refractivity contribution in [1.82, 2.24) is 20.2 Å². The molecule has 1 aromatic heterocycles. The van der Waals surface area contributed by atoms with Gasteiger partial charge in [-0.1, -0.05) is 12.1 Å². The van der Waals surface area contributed by atoms with Crippen LogP contribution in [0, 0.1) is 5.82 Å². The van der Waals surface area contributed by atoms with Crippen LogP contribution in [0.25, 0.3) is 11.3 Å². The van der Waals surface area contributed by atoms with Crippen LogP contribution < -0.4 is 10.6 Å². The van der Waals surface area contributed by atoms with Crippen LogP contribution in [0.3, 0.4) is 0 Å². The van der Waals surface area contributed by atoms with Crippen molar-refractivity contribution < 1.29 is 14.0 Å². The molecule has 1 aliphatic heterocycles. The second-order valence-corrected chi connectivity index (χ2v) is 10.4. The minimum atomic E-state index is -1.24. The van der Waals surface area contributed by atoms with E-state index in [0.717, 1.165) is 30.8 Å². The average Bonchev–Trinajstić information content (AvgIpc) is 2.82. The molecular formula is C26H32FN5O2S. The molecule has 0 saturated carbocycles. The van der Waals surface area contributed by atoms with E-state index in [0.29, 0.717) is 47.2 Å². The van der Waals surface area contributed by atoms with Crippen molar-refractivity contribution in [3.05, 3.63) is 65.6 Å². The number of hydrogen-bond acceptors (Lipinski definition) is 7. The molecule has 0 amide bonds. The molecule has 3 N–H and O–H groups in total. The Hall–Kier alpha value is -2.72. The van der Waals surface area contributed by atoms with Gasteiger partial charge >= 0.3 is 0 Å². The summed E-state index contributed by atoms with van der Waals surface area (Å²) in [6.45, 7) is 7.55. The molecule has 3 atom stereocenters. The Morgan fingerprint density at radius 2 is 2.00 bits per heavy atom. The number of piperazine rings is 1. The highest BCUT2D eigenvalue weighted by atomic mass is 32.2. The second-order valence-electron chi connectivity index (χ2n) is 9.10. The lowest BCUT2D eigenvalue weighted by molar-refractivity contribution is 0.139. The molecule has 1 saturated heterocycles. The number of phenolic OH excluding ortho intramolecular Hbond substituents is 1. The fourth-order valence-electron chi connectivity index (χ4n) is 4.29. The number of anilines is 1. The maximum Gasteiger partial charge on any atom is 0.223 e. The third-order valence-corrected chi connectivity index (χ3v) is 7.24. The molecule has 0 bridgehead atoms. The summed E-state index contributed by atoms with van der Waals surface area (Å²) in [4.78, 5) is 11.6. The first kappa shape index (κ1) is 25.4. The molecule has 0 radical (unpaired) electrons. The maximum absolute atomic E-state index is 14.8. The quantitative estimate of drug-likeness (QED) is 0.410. The fourth-order valence-corrected chi connectivity index (χ4v) is 4.91. The predicted molar refractivity (Wildman–Crippen MR) is 137 cm³/mol. The van der Waals surface area contributed by atoms with Gasteiger partial charge in [0.15, 0.2) is 10.6 Å². The topological polar surface area (TPSA) is 96.4 Å². The Morgan fingerprint density at radius 3 is 2.77 bits per heavy atom. The number of phenols is 1. The Kier molecular flexibility index (Phi) is 8.22. The van der Waals surface area contributed by atoms with Gasteiger partial charge in [0, 0.05) is 50.0 Å². The van der Waals surface area contributed by atoms with Gasteiger partial charge in [-0.2, -0.15) is 0 Å². The molecule has 1 unspecified atom stereocenters. The number of halogens is 1. The second kappa shape index (κ2) is 11.3. The van der Waals surface area contributed by atoms with E-state index >= 15 is 0 Å². The van der Waals surface area contributed by atoms with Crippen LogP contribution in [-0.2, 0) is 24.1 Å². The largest absolute Gasteiger partial charge is 0.612 e. The lowest BCUT2D eigenvalue weighted by Crippen LogP contribution is -2.53. The lowest BCUT2D eigenvalue weighted by Gasteiger charge is -2.37. The minimum Gasteiger partial charge on any atom is -0.612 e. The molecule has 2 aromatic carbocycles. The molecular weight excluding hydrogens is 465 g/mol. The van der Waals surface area contributed by atoms with Gasteiger partial charge in [-0.05, 0) is 72.9 Å². The number of benzene rings is 2. The summed E-state index contributed by atoms with van der Waals surface area (Å²) < 4.78 is 26.3. The van der Waals surface area contributed by atoms with Crippen molar-refractivity contribution in [2.75, 3.05) is 31.2 Å². The fraction of sp³-hybridized carbons (Fsp3) is 0.385. The third kappa shape index (κ3) is 6.49. The molecule has 2 heterocycles. The molecule has 186 valence electrons. The van der Waals surface area contributed by atoms with E-state index in [1.165, 1.54) is 12.3 Å². The van der Waals surface area contributed by atoms with Gasteiger partial charge in [-0.3, -0.25) is 4.90 Å². The summed E-state index contributed by atoms with van der Waals surface area (Å²) >= 11 is -1.24. The zero-order valence-electron chi connectivity index (χ0n) is 20.3. The summed E-state index contributed by atoms with van der Waals surface area (Å²) in [7, 11) is 0. The van der Waals surface area contributed by atoms with E-state index in [9.17, 15) is 14.0 Å². The Labute approximate surface area is 209 Å². The van der Waals surface area contributed by atoms with E-state index in [4.69, 9.17) is 0 Å². The van der Waals surface area contributed by atoms with Crippen LogP contribution in [0.4, 0.5) is 10.3 Å². The zero-order chi connectivity index (χ0) is 24.9. The predicted octanol–water partition coefficient (Wildman–Crippen LogP) is 3.56. The van der Waals surface area contributed by atoms with Crippen LogP contribution in [0.5, 0.6) is 5.75 Å². The Morgan fingerprint density at radius 1 is 1.20 bits per heavy atom. The molecule has 4 rings (SSSR count). The van der Waals surface area contributed by atoms with Crippen LogP contribution in [-0.4, -0.2) is 62.5 Å². The van der Waals surface area contributed by atoms with Crippen LogP contribution in [0.15, 0.2) is 53.6 Å². The number of nitrogens with one attached hydrogen (secondary N) is 2. The molecule has 0 spiro atoms. The number of aromatic nitrogens is 2. The third-order valence-electron chi connectivity index (χ3n) is 6.27. The highest BCUT2D eigenvalue weighted by Gasteiger charge is 2.22. The first-order valence-corrected chi connectivity index (χ1v) is 13.3. The van der Waals surface area contributed by atoms with Crippen molar-refractivity contribution in [2.45, 2.75) is 43.8 Å². The van der Waals surface area contributed by atoms with Crippen LogP contribution in [0.2, 0.25) is 0 Å². The van der Waals surface area contributed by atoms with Gasteiger partial charge in [-0.25, -0.2) is 14.4 Å². The summed E-state index contributed by atoms with van der Waals surface area (Å²) in [5.74, 6) is 0.123. The first-order chi connectivity index (χ1) is 16.8. The highest BCUT2D eigenvalue weighted by molar-refractivity contribution is 7.90. The van der Waals surface area contributed by atoms with E-state index in [-0.39, 0.29) is 11.6 Å². The van der Waals surface area contributed by atoms with Gasteiger partial charge in [0.25, 0.3) is 0 Å². The molecule has 1 fully saturated rings. The van der Waals surface area contributed by atoms with Crippen molar-refractivity contribution >= 4 is 17.1 Å². The SMILES string of the molecule is C[C@H]1CN(Cc2ccc(F)c(-c3ccnc(NCCc4ccc([S+](C)[O-])c(O)c4)n3)c2)[C@@H](C)CN1. The van der Waals surface area contributed by atoms with Gasteiger partial charge in [0.2, 0.25) is 5.95 Å². The smallest absolute Gasteiger partial charge is 0.223 e. The normalized spacial score (nSPS) is 19.5. The lowest BCUT2D eigenvalue weighted by atomic mass is 10.0. The molecule has 1 aliphatic rings. The standard InChI is InChI=1S/C26H32FN5O2S/c1-17-15-32(18(2)14-30-17)16-20-4-6-22(27)21(12-20)23-9-11-29-26(31-23)28-10-8-19-5-7-25(35(3)34)24(33)13-19/h4-7,9,11-13,17-18,30,33H,8,10,14-16H2,1-3H3,(H,28,29,31)/t17-,18-,35?/m0/s1. The molecule has 35 heavy (non-hydrogen) atoms. The van der Waals surface area contributed by atoms with E-state index in [2.05, 4.69) is 39.3 Å². The van der Waals surface area contributed by atoms with E-state index in [1.807, 2.05) is 18.2 Å². The Balaban J connectivity index is 1.42. The molecule has 9 heteroatoms. The van der Waals surface area contributed by atoms with Crippen molar-refractivity contribution in [1.29, 1.82) is 0 Å².